The summed E-state index contributed by atoms with van der Waals surface area (Å²) in [6, 6.07) is 7.01. The van der Waals surface area contributed by atoms with Crippen LogP contribution >= 0.6 is 0 Å². The molecule has 6 heteroatoms. The van der Waals surface area contributed by atoms with E-state index in [0.29, 0.717) is 18.0 Å². The number of hydrogen-bond donors (Lipinski definition) is 1. The molecule has 0 saturated carbocycles. The van der Waals surface area contributed by atoms with E-state index in [1.54, 1.807) is 30.3 Å². The number of anilines is 1. The number of nitrogens with one attached hydrogen (secondary N) is 1. The lowest BCUT2D eigenvalue weighted by molar-refractivity contribution is -0.222. The van der Waals surface area contributed by atoms with Crippen LogP contribution in [0.3, 0.4) is 0 Å². The highest BCUT2D eigenvalue weighted by molar-refractivity contribution is 6.15. The van der Waals surface area contributed by atoms with Gasteiger partial charge in [0.05, 0.1) is 0 Å². The molecule has 1 fully saturated rings. The molecule has 1 saturated heterocycles. The van der Waals surface area contributed by atoms with Crippen LogP contribution in [0.2, 0.25) is 0 Å². The Bertz CT molecular complexity index is 594. The molecule has 22 heavy (non-hydrogen) atoms. The molecule has 6 nitrogen and oxygen atoms in total. The van der Waals surface area contributed by atoms with Gasteiger partial charge in [-0.1, -0.05) is 12.7 Å². The van der Waals surface area contributed by atoms with Crippen LogP contribution < -0.4 is 10.1 Å². The molecule has 1 N–H and O–H groups in total. The second-order valence-electron chi connectivity index (χ2n) is 5.01. The minimum absolute atomic E-state index is 0.189. The van der Waals surface area contributed by atoms with E-state index in [0.717, 1.165) is 0 Å². The zero-order chi connectivity index (χ0) is 16.2. The summed E-state index contributed by atoms with van der Waals surface area (Å²) < 4.78 is 15.3. The predicted octanol–water partition coefficient (Wildman–Crippen LogP) is 2.38. The summed E-state index contributed by atoms with van der Waals surface area (Å²) in [7, 11) is 0. The summed E-state index contributed by atoms with van der Waals surface area (Å²) in [6.07, 6.45) is 2.91. The molecule has 116 valence electrons. The lowest BCUT2D eigenvalue weighted by Gasteiger charge is -2.29. The molecule has 0 atom stereocenters. The largest absolute Gasteiger partial charge is 0.490 e. The highest BCUT2D eigenvalue weighted by Gasteiger charge is 2.38. The van der Waals surface area contributed by atoms with Gasteiger partial charge in [-0.2, -0.15) is 0 Å². The smallest absolute Gasteiger partial charge is 0.350 e. The topological polar surface area (TPSA) is 73.9 Å². The zero-order valence-corrected chi connectivity index (χ0v) is 12.4. The zero-order valence-electron chi connectivity index (χ0n) is 12.4. The molecule has 0 aromatic heterocycles. The normalized spacial score (nSPS) is 16.4. The second-order valence-corrected chi connectivity index (χ2v) is 5.01. The summed E-state index contributed by atoms with van der Waals surface area (Å²) in [5.41, 5.74) is 0.496. The van der Waals surface area contributed by atoms with E-state index in [-0.39, 0.29) is 5.57 Å². The Kier molecular flexibility index (Phi) is 4.50. The van der Waals surface area contributed by atoms with Gasteiger partial charge in [0, 0.05) is 25.7 Å². The first-order valence-corrected chi connectivity index (χ1v) is 6.68. The van der Waals surface area contributed by atoms with E-state index in [1.165, 1.54) is 20.0 Å². The summed E-state index contributed by atoms with van der Waals surface area (Å²) in [5, 5.41) is 2.85. The molecule has 0 unspecified atom stereocenters. The fraction of sp³-hybridized carbons (Fsp3) is 0.250. The minimum Gasteiger partial charge on any atom is -0.490 e. The molecule has 0 bridgehead atoms. The number of esters is 2. The monoisotopic (exact) mass is 303 g/mol. The van der Waals surface area contributed by atoms with Crippen LogP contribution in [0.25, 0.3) is 0 Å². The third kappa shape index (κ3) is 3.88. The lowest BCUT2D eigenvalue weighted by Crippen LogP contribution is -2.42. The van der Waals surface area contributed by atoms with Crippen molar-refractivity contribution in [3.8, 4) is 5.75 Å². The first-order valence-electron chi connectivity index (χ1n) is 6.68. The second kappa shape index (κ2) is 6.34. The van der Waals surface area contributed by atoms with Crippen LogP contribution in [0.15, 0.2) is 48.7 Å². The molecule has 1 aliphatic heterocycles. The van der Waals surface area contributed by atoms with Gasteiger partial charge in [-0.3, -0.25) is 0 Å². The van der Waals surface area contributed by atoms with Gasteiger partial charge in [0.15, 0.2) is 5.57 Å². The van der Waals surface area contributed by atoms with Gasteiger partial charge in [0.1, 0.15) is 12.4 Å². The van der Waals surface area contributed by atoms with Crippen LogP contribution in [0.5, 0.6) is 5.75 Å². The van der Waals surface area contributed by atoms with E-state index >= 15 is 0 Å². The number of rotatable bonds is 5. The number of ether oxygens (including phenoxy) is 3. The Morgan fingerprint density at radius 1 is 1.18 bits per heavy atom. The van der Waals surface area contributed by atoms with E-state index < -0.39 is 17.7 Å². The number of hydrogen-bond acceptors (Lipinski definition) is 6. The molecule has 1 aromatic rings. The Hall–Kier alpha value is -2.76. The Labute approximate surface area is 128 Å². The molecule has 2 rings (SSSR count). The van der Waals surface area contributed by atoms with Crippen LogP contribution in [0.1, 0.15) is 13.8 Å². The molecule has 1 aromatic carbocycles. The van der Waals surface area contributed by atoms with Crippen LogP contribution in [0.4, 0.5) is 5.69 Å². The lowest BCUT2D eigenvalue weighted by atomic mass is 10.2. The van der Waals surface area contributed by atoms with Gasteiger partial charge in [-0.15, -0.1) is 0 Å². The van der Waals surface area contributed by atoms with Gasteiger partial charge in [0.2, 0.25) is 0 Å². The molecule has 0 spiro atoms. The number of benzene rings is 1. The molecule has 0 radical (unpaired) electrons. The van der Waals surface area contributed by atoms with E-state index in [4.69, 9.17) is 14.2 Å². The molecular formula is C16H17NO5. The summed E-state index contributed by atoms with van der Waals surface area (Å²) in [4.78, 5) is 23.5. The van der Waals surface area contributed by atoms with Gasteiger partial charge < -0.3 is 19.5 Å². The van der Waals surface area contributed by atoms with Crippen molar-refractivity contribution in [2.45, 2.75) is 19.6 Å². The fourth-order valence-electron chi connectivity index (χ4n) is 1.74. The van der Waals surface area contributed by atoms with Crippen molar-refractivity contribution in [2.24, 2.45) is 0 Å². The number of carbonyl (C=O) groups excluding carboxylic acids is 2. The van der Waals surface area contributed by atoms with Crippen molar-refractivity contribution in [3.63, 3.8) is 0 Å². The maximum atomic E-state index is 11.8. The average Bonchev–Trinajstić information content (AvgIpc) is 2.44. The SMILES string of the molecule is C=CCOc1ccc(NC=C2C(=O)OC(C)(C)OC2=O)cc1. The van der Waals surface area contributed by atoms with Gasteiger partial charge >= 0.3 is 11.9 Å². The summed E-state index contributed by atoms with van der Waals surface area (Å²) in [6.45, 7) is 6.98. The van der Waals surface area contributed by atoms with Crippen molar-refractivity contribution >= 4 is 17.6 Å². The van der Waals surface area contributed by atoms with Crippen molar-refractivity contribution in [1.29, 1.82) is 0 Å². The van der Waals surface area contributed by atoms with Crippen molar-refractivity contribution < 1.29 is 23.8 Å². The number of cyclic esters (lactones) is 2. The van der Waals surface area contributed by atoms with Crippen LogP contribution in [-0.2, 0) is 19.1 Å². The molecule has 1 aliphatic rings. The Morgan fingerprint density at radius 2 is 1.77 bits per heavy atom. The first kappa shape index (κ1) is 15.6. The van der Waals surface area contributed by atoms with Crippen LogP contribution in [-0.4, -0.2) is 24.3 Å². The van der Waals surface area contributed by atoms with Crippen molar-refractivity contribution in [3.05, 3.63) is 48.7 Å². The Morgan fingerprint density at radius 3 is 2.32 bits per heavy atom. The van der Waals surface area contributed by atoms with Crippen molar-refractivity contribution in [2.75, 3.05) is 11.9 Å². The Balaban J connectivity index is 2.03. The maximum Gasteiger partial charge on any atom is 0.350 e. The molecule has 1 heterocycles. The van der Waals surface area contributed by atoms with E-state index in [9.17, 15) is 9.59 Å². The standard InChI is InChI=1S/C16H17NO5/c1-4-9-20-12-7-5-11(6-8-12)17-10-13-14(18)21-16(2,3)22-15(13)19/h4-8,10,17H,1,9H2,2-3H3. The molecular weight excluding hydrogens is 286 g/mol. The predicted molar refractivity (Wildman–Crippen MR) is 80.1 cm³/mol. The minimum atomic E-state index is -1.24. The van der Waals surface area contributed by atoms with E-state index in [2.05, 4.69) is 11.9 Å². The van der Waals surface area contributed by atoms with Crippen LogP contribution in [0, 0.1) is 0 Å². The fourth-order valence-corrected chi connectivity index (χ4v) is 1.74. The van der Waals surface area contributed by atoms with E-state index in [1.807, 2.05) is 0 Å². The summed E-state index contributed by atoms with van der Waals surface area (Å²) in [5.74, 6) is -1.99. The highest BCUT2D eigenvalue weighted by Crippen LogP contribution is 2.23. The van der Waals surface area contributed by atoms with Gasteiger partial charge in [0.25, 0.3) is 5.79 Å². The number of carbonyl (C=O) groups is 2. The average molecular weight is 303 g/mol. The quantitative estimate of drug-likeness (QED) is 0.390. The first-order chi connectivity index (χ1) is 10.4. The maximum absolute atomic E-state index is 11.8. The molecule has 0 aliphatic carbocycles. The third-order valence-corrected chi connectivity index (χ3v) is 2.72. The summed E-state index contributed by atoms with van der Waals surface area (Å²) >= 11 is 0. The van der Waals surface area contributed by atoms with Gasteiger partial charge in [-0.05, 0) is 24.3 Å². The van der Waals surface area contributed by atoms with Gasteiger partial charge in [-0.25, -0.2) is 9.59 Å². The highest BCUT2D eigenvalue weighted by atomic mass is 16.7. The van der Waals surface area contributed by atoms with Crippen molar-refractivity contribution in [1.82, 2.24) is 0 Å². The third-order valence-electron chi connectivity index (χ3n) is 2.72. The molecule has 0 amide bonds.